The SMILES string of the molecule is O=C(Nc1ccccc1C(F)(F)F)c1ccnc(Nc2ccc(F)c(F)c2)c1. The summed E-state index contributed by atoms with van der Waals surface area (Å²) in [5.41, 5.74) is -1.15. The minimum atomic E-state index is -4.62. The van der Waals surface area contributed by atoms with Gasteiger partial charge in [-0.05, 0) is 36.4 Å². The number of amides is 1. The van der Waals surface area contributed by atoms with Crippen LogP contribution < -0.4 is 10.6 Å². The standard InChI is InChI=1S/C19H12F5N3O/c20-14-6-5-12(10-15(14)21)26-17-9-11(7-8-25-17)18(28)27-16-4-2-1-3-13(16)19(22,23)24/h1-10H,(H,25,26)(H,27,28). The molecule has 0 fully saturated rings. The normalized spacial score (nSPS) is 11.2. The van der Waals surface area contributed by atoms with Gasteiger partial charge in [-0.15, -0.1) is 0 Å². The van der Waals surface area contributed by atoms with Crippen LogP contribution in [-0.4, -0.2) is 10.9 Å². The van der Waals surface area contributed by atoms with E-state index >= 15 is 0 Å². The van der Waals surface area contributed by atoms with Crippen molar-refractivity contribution in [1.29, 1.82) is 0 Å². The summed E-state index contributed by atoms with van der Waals surface area (Å²) in [5.74, 6) is -2.74. The van der Waals surface area contributed by atoms with Crippen molar-refractivity contribution in [2.24, 2.45) is 0 Å². The first-order valence-corrected chi connectivity index (χ1v) is 7.90. The van der Waals surface area contributed by atoms with Gasteiger partial charge in [0.1, 0.15) is 5.82 Å². The van der Waals surface area contributed by atoms with Gasteiger partial charge in [-0.25, -0.2) is 13.8 Å². The minimum Gasteiger partial charge on any atom is -0.340 e. The second-order valence-electron chi connectivity index (χ2n) is 5.68. The highest BCUT2D eigenvalue weighted by atomic mass is 19.4. The second-order valence-corrected chi connectivity index (χ2v) is 5.68. The number of carbonyl (C=O) groups is 1. The third kappa shape index (κ3) is 4.43. The molecule has 0 unspecified atom stereocenters. The molecule has 0 aliphatic rings. The number of aromatic nitrogens is 1. The fourth-order valence-corrected chi connectivity index (χ4v) is 2.40. The highest BCUT2D eigenvalue weighted by Crippen LogP contribution is 2.34. The molecule has 144 valence electrons. The lowest BCUT2D eigenvalue weighted by Crippen LogP contribution is -2.16. The van der Waals surface area contributed by atoms with Gasteiger partial charge in [0, 0.05) is 23.5 Å². The van der Waals surface area contributed by atoms with Crippen LogP contribution in [0.25, 0.3) is 0 Å². The largest absolute Gasteiger partial charge is 0.418 e. The number of benzene rings is 2. The Morgan fingerprint density at radius 2 is 1.68 bits per heavy atom. The molecule has 0 saturated carbocycles. The van der Waals surface area contributed by atoms with Crippen molar-refractivity contribution < 1.29 is 26.7 Å². The van der Waals surface area contributed by atoms with Crippen molar-refractivity contribution in [1.82, 2.24) is 4.98 Å². The summed E-state index contributed by atoms with van der Waals surface area (Å²) in [6.45, 7) is 0. The van der Waals surface area contributed by atoms with E-state index in [0.717, 1.165) is 24.3 Å². The number of para-hydroxylation sites is 1. The Labute approximate surface area is 156 Å². The molecule has 0 bridgehead atoms. The number of nitrogens with one attached hydrogen (secondary N) is 2. The number of pyridine rings is 1. The highest BCUT2D eigenvalue weighted by molar-refractivity contribution is 6.05. The van der Waals surface area contributed by atoms with Gasteiger partial charge >= 0.3 is 6.18 Å². The number of nitrogens with zero attached hydrogens (tertiary/aromatic N) is 1. The summed E-state index contributed by atoms with van der Waals surface area (Å²) in [6, 6.07) is 10.3. The molecule has 2 N–H and O–H groups in total. The lowest BCUT2D eigenvalue weighted by Gasteiger charge is -2.14. The smallest absolute Gasteiger partial charge is 0.340 e. The summed E-state index contributed by atoms with van der Waals surface area (Å²) in [4.78, 5) is 16.3. The van der Waals surface area contributed by atoms with Gasteiger partial charge in [0.15, 0.2) is 11.6 Å². The van der Waals surface area contributed by atoms with Crippen LogP contribution in [0.15, 0.2) is 60.8 Å². The zero-order valence-corrected chi connectivity index (χ0v) is 14.0. The van der Waals surface area contributed by atoms with E-state index in [0.29, 0.717) is 0 Å². The van der Waals surface area contributed by atoms with Crippen LogP contribution in [0, 0.1) is 11.6 Å². The Kier molecular flexibility index (Phi) is 5.25. The van der Waals surface area contributed by atoms with Crippen LogP contribution in [0.5, 0.6) is 0 Å². The monoisotopic (exact) mass is 393 g/mol. The van der Waals surface area contributed by atoms with Crippen LogP contribution in [0.1, 0.15) is 15.9 Å². The third-order valence-electron chi connectivity index (χ3n) is 3.69. The molecule has 4 nitrogen and oxygen atoms in total. The molecule has 3 rings (SSSR count). The zero-order chi connectivity index (χ0) is 20.3. The number of halogens is 5. The molecule has 0 atom stereocenters. The van der Waals surface area contributed by atoms with E-state index in [9.17, 15) is 26.7 Å². The highest BCUT2D eigenvalue weighted by Gasteiger charge is 2.33. The number of carbonyl (C=O) groups excluding carboxylic acids is 1. The summed E-state index contributed by atoms with van der Waals surface area (Å²) >= 11 is 0. The number of hydrogen-bond donors (Lipinski definition) is 2. The molecule has 1 aromatic heterocycles. The van der Waals surface area contributed by atoms with Crippen LogP contribution in [0.4, 0.5) is 39.1 Å². The molecule has 0 aliphatic carbocycles. The predicted octanol–water partition coefficient (Wildman–Crippen LogP) is 5.37. The fraction of sp³-hybridized carbons (Fsp3) is 0.0526. The van der Waals surface area contributed by atoms with Gasteiger partial charge in [-0.2, -0.15) is 13.2 Å². The van der Waals surface area contributed by atoms with E-state index in [1.807, 2.05) is 0 Å². The lowest BCUT2D eigenvalue weighted by atomic mass is 10.1. The van der Waals surface area contributed by atoms with Crippen LogP contribution >= 0.6 is 0 Å². The van der Waals surface area contributed by atoms with Gasteiger partial charge in [0.05, 0.1) is 11.3 Å². The first-order valence-electron chi connectivity index (χ1n) is 7.90. The maximum absolute atomic E-state index is 13.3. The predicted molar refractivity (Wildman–Crippen MR) is 93.3 cm³/mol. The lowest BCUT2D eigenvalue weighted by molar-refractivity contribution is -0.136. The minimum absolute atomic E-state index is 0.0251. The van der Waals surface area contributed by atoms with E-state index in [1.165, 1.54) is 36.5 Å². The Morgan fingerprint density at radius 1 is 0.929 bits per heavy atom. The molecule has 0 aliphatic heterocycles. The average molecular weight is 393 g/mol. The summed E-state index contributed by atoms with van der Waals surface area (Å²) < 4.78 is 65.4. The van der Waals surface area contributed by atoms with E-state index in [4.69, 9.17) is 0 Å². The summed E-state index contributed by atoms with van der Waals surface area (Å²) in [5, 5.41) is 4.91. The molecule has 28 heavy (non-hydrogen) atoms. The van der Waals surface area contributed by atoms with Crippen LogP contribution in [-0.2, 0) is 6.18 Å². The maximum Gasteiger partial charge on any atom is 0.418 e. The molecule has 1 heterocycles. The van der Waals surface area contributed by atoms with Gasteiger partial charge in [0.2, 0.25) is 0 Å². The molecule has 3 aromatic rings. The number of anilines is 3. The van der Waals surface area contributed by atoms with E-state index in [-0.39, 0.29) is 22.8 Å². The third-order valence-corrected chi connectivity index (χ3v) is 3.69. The summed E-state index contributed by atoms with van der Waals surface area (Å²) in [7, 11) is 0. The van der Waals surface area contributed by atoms with Gasteiger partial charge in [-0.3, -0.25) is 4.79 Å². The average Bonchev–Trinajstić information content (AvgIpc) is 2.64. The van der Waals surface area contributed by atoms with E-state index < -0.39 is 29.3 Å². The van der Waals surface area contributed by atoms with Crippen molar-refractivity contribution in [2.45, 2.75) is 6.18 Å². The molecule has 2 aromatic carbocycles. The topological polar surface area (TPSA) is 54.0 Å². The molecule has 0 saturated heterocycles. The van der Waals surface area contributed by atoms with Gasteiger partial charge in [0.25, 0.3) is 5.91 Å². The molecule has 1 amide bonds. The Morgan fingerprint density at radius 3 is 2.39 bits per heavy atom. The van der Waals surface area contributed by atoms with Crippen LogP contribution in [0.2, 0.25) is 0 Å². The van der Waals surface area contributed by atoms with Crippen molar-refractivity contribution in [2.75, 3.05) is 10.6 Å². The number of rotatable bonds is 4. The Balaban J connectivity index is 1.80. The molecule has 0 radical (unpaired) electrons. The van der Waals surface area contributed by atoms with Crippen molar-refractivity contribution in [3.05, 3.63) is 83.6 Å². The maximum atomic E-state index is 13.3. The number of alkyl halides is 3. The van der Waals surface area contributed by atoms with Gasteiger partial charge < -0.3 is 10.6 Å². The zero-order valence-electron chi connectivity index (χ0n) is 14.0. The molecular weight excluding hydrogens is 381 g/mol. The fourth-order valence-electron chi connectivity index (χ4n) is 2.40. The molecule has 9 heteroatoms. The number of hydrogen-bond acceptors (Lipinski definition) is 3. The van der Waals surface area contributed by atoms with E-state index in [2.05, 4.69) is 15.6 Å². The summed E-state index contributed by atoms with van der Waals surface area (Å²) in [6.07, 6.45) is -3.37. The quantitative estimate of drug-likeness (QED) is 0.586. The first-order chi connectivity index (χ1) is 13.2. The van der Waals surface area contributed by atoms with Crippen molar-refractivity contribution in [3.8, 4) is 0 Å². The molecular formula is C19H12F5N3O. The van der Waals surface area contributed by atoms with Crippen molar-refractivity contribution >= 4 is 23.1 Å². The van der Waals surface area contributed by atoms with E-state index in [1.54, 1.807) is 0 Å². The van der Waals surface area contributed by atoms with Gasteiger partial charge in [-0.1, -0.05) is 12.1 Å². The molecule has 0 spiro atoms. The second kappa shape index (κ2) is 7.63. The van der Waals surface area contributed by atoms with Crippen LogP contribution in [0.3, 0.4) is 0 Å². The Bertz CT molecular complexity index is 1020. The van der Waals surface area contributed by atoms with Crippen molar-refractivity contribution in [3.63, 3.8) is 0 Å². The first kappa shape index (κ1) is 19.3. The Hall–Kier alpha value is -3.49.